The zero-order valence-corrected chi connectivity index (χ0v) is 12.3. The van der Waals surface area contributed by atoms with E-state index in [1.807, 2.05) is 11.8 Å². The Bertz CT molecular complexity index is 351. The van der Waals surface area contributed by atoms with Gasteiger partial charge in [0.05, 0.1) is 12.5 Å². The Morgan fingerprint density at radius 1 is 1.15 bits per heavy atom. The zero-order chi connectivity index (χ0) is 14.5. The van der Waals surface area contributed by atoms with Crippen molar-refractivity contribution in [2.45, 2.75) is 64.0 Å². The van der Waals surface area contributed by atoms with Crippen molar-refractivity contribution in [2.75, 3.05) is 13.1 Å². The zero-order valence-electron chi connectivity index (χ0n) is 12.3. The Labute approximate surface area is 120 Å². The number of rotatable bonds is 4. The van der Waals surface area contributed by atoms with Crippen molar-refractivity contribution >= 4 is 11.9 Å². The number of hydrogen-bond acceptors (Lipinski definition) is 3. The van der Waals surface area contributed by atoms with Gasteiger partial charge in [-0.2, -0.15) is 0 Å². The third-order valence-electron chi connectivity index (χ3n) is 4.77. The van der Waals surface area contributed by atoms with E-state index in [4.69, 9.17) is 5.11 Å². The van der Waals surface area contributed by atoms with Crippen LogP contribution in [0.3, 0.4) is 0 Å². The molecule has 2 atom stereocenters. The van der Waals surface area contributed by atoms with Gasteiger partial charge in [0.15, 0.2) is 0 Å². The molecule has 2 N–H and O–H groups in total. The summed E-state index contributed by atoms with van der Waals surface area (Å²) in [7, 11) is 0. The molecule has 2 aliphatic rings. The number of carboxylic acid groups (broad SMARTS) is 1. The normalized spacial score (nSPS) is 29.1. The molecule has 1 aliphatic heterocycles. The first kappa shape index (κ1) is 15.3. The average molecular weight is 282 g/mol. The number of nitrogens with zero attached hydrogens (tertiary/aromatic N) is 1. The molecule has 2 fully saturated rings. The van der Waals surface area contributed by atoms with E-state index in [0.29, 0.717) is 25.6 Å². The molecule has 2 rings (SSSR count). The highest BCUT2D eigenvalue weighted by atomic mass is 16.4. The lowest BCUT2D eigenvalue weighted by molar-refractivity contribution is -0.142. The van der Waals surface area contributed by atoms with Crippen molar-refractivity contribution in [3.05, 3.63) is 0 Å². The highest BCUT2D eigenvalue weighted by molar-refractivity contribution is 5.78. The number of likely N-dealkylation sites (tertiary alicyclic amines) is 1. The van der Waals surface area contributed by atoms with Crippen molar-refractivity contribution in [2.24, 2.45) is 5.92 Å². The first-order valence-corrected chi connectivity index (χ1v) is 7.84. The fraction of sp³-hybridized carbons (Fsp3) is 0.867. The molecule has 2 unspecified atom stereocenters. The fourth-order valence-electron chi connectivity index (χ4n) is 3.44. The summed E-state index contributed by atoms with van der Waals surface area (Å²) in [6.07, 6.45) is 7.76. The van der Waals surface area contributed by atoms with Crippen molar-refractivity contribution in [1.82, 2.24) is 10.2 Å². The standard InChI is InChI=1S/C15H26N2O3/c1-11-13(15(19)20)8-9-17(11)10-14(18)16-12-6-4-2-3-5-7-12/h11-13H,2-10H2,1H3,(H,16,18)(H,19,20). The van der Waals surface area contributed by atoms with Crippen LogP contribution in [0, 0.1) is 5.92 Å². The molecule has 5 heteroatoms. The third-order valence-corrected chi connectivity index (χ3v) is 4.77. The van der Waals surface area contributed by atoms with Gasteiger partial charge < -0.3 is 10.4 Å². The molecule has 0 spiro atoms. The Morgan fingerprint density at radius 2 is 1.80 bits per heavy atom. The van der Waals surface area contributed by atoms with Crippen LogP contribution in [0.4, 0.5) is 0 Å². The second-order valence-electron chi connectivity index (χ2n) is 6.20. The highest BCUT2D eigenvalue weighted by Crippen LogP contribution is 2.24. The minimum Gasteiger partial charge on any atom is -0.481 e. The summed E-state index contributed by atoms with van der Waals surface area (Å²) < 4.78 is 0. The van der Waals surface area contributed by atoms with Crippen molar-refractivity contribution in [3.63, 3.8) is 0 Å². The molecule has 1 saturated carbocycles. The van der Waals surface area contributed by atoms with Gasteiger partial charge >= 0.3 is 5.97 Å². The summed E-state index contributed by atoms with van der Waals surface area (Å²) in [5, 5.41) is 12.2. The minimum atomic E-state index is -0.746. The molecule has 1 heterocycles. The van der Waals surface area contributed by atoms with Gasteiger partial charge in [-0.25, -0.2) is 0 Å². The minimum absolute atomic E-state index is 0.0487. The predicted molar refractivity (Wildman–Crippen MR) is 76.4 cm³/mol. The van der Waals surface area contributed by atoms with Gasteiger partial charge in [0, 0.05) is 12.1 Å². The van der Waals surface area contributed by atoms with Gasteiger partial charge in [-0.05, 0) is 32.7 Å². The van der Waals surface area contributed by atoms with Crippen LogP contribution in [-0.2, 0) is 9.59 Å². The van der Waals surface area contributed by atoms with E-state index in [-0.39, 0.29) is 17.9 Å². The van der Waals surface area contributed by atoms with Gasteiger partial charge in [-0.1, -0.05) is 25.7 Å². The second-order valence-corrected chi connectivity index (χ2v) is 6.20. The van der Waals surface area contributed by atoms with Crippen LogP contribution < -0.4 is 5.32 Å². The number of carboxylic acids is 1. The van der Waals surface area contributed by atoms with Gasteiger partial charge in [0.25, 0.3) is 0 Å². The van der Waals surface area contributed by atoms with Gasteiger partial charge in [0.1, 0.15) is 0 Å². The van der Waals surface area contributed by atoms with Crippen LogP contribution in [0.15, 0.2) is 0 Å². The topological polar surface area (TPSA) is 69.6 Å². The van der Waals surface area contributed by atoms with Crippen LogP contribution in [0.1, 0.15) is 51.9 Å². The quantitative estimate of drug-likeness (QED) is 0.769. The third kappa shape index (κ3) is 3.95. The number of nitrogens with one attached hydrogen (secondary N) is 1. The molecular weight excluding hydrogens is 256 g/mol. The van der Waals surface area contributed by atoms with E-state index < -0.39 is 5.97 Å². The molecule has 20 heavy (non-hydrogen) atoms. The SMILES string of the molecule is CC1C(C(=O)O)CCN1CC(=O)NC1CCCCCC1. The molecule has 0 aromatic heterocycles. The number of aliphatic carboxylic acids is 1. The second kappa shape index (κ2) is 7.07. The molecule has 5 nitrogen and oxygen atoms in total. The lowest BCUT2D eigenvalue weighted by Crippen LogP contribution is -2.44. The van der Waals surface area contributed by atoms with E-state index in [1.54, 1.807) is 0 Å². The molecule has 0 bridgehead atoms. The molecule has 0 aromatic carbocycles. The smallest absolute Gasteiger partial charge is 0.308 e. The predicted octanol–water partition coefficient (Wildman–Crippen LogP) is 1.62. The van der Waals surface area contributed by atoms with Crippen LogP contribution in [0.2, 0.25) is 0 Å². The van der Waals surface area contributed by atoms with Crippen LogP contribution in [0.5, 0.6) is 0 Å². The number of hydrogen-bond donors (Lipinski definition) is 2. The Morgan fingerprint density at radius 3 is 2.35 bits per heavy atom. The molecule has 0 radical (unpaired) electrons. The highest BCUT2D eigenvalue weighted by Gasteiger charge is 2.36. The first-order chi connectivity index (χ1) is 9.58. The number of carbonyl (C=O) groups excluding carboxylic acids is 1. The lowest BCUT2D eigenvalue weighted by Gasteiger charge is -2.24. The summed E-state index contributed by atoms with van der Waals surface area (Å²) in [5.74, 6) is -1.03. The van der Waals surface area contributed by atoms with Crippen LogP contribution in [-0.4, -0.2) is 47.1 Å². The van der Waals surface area contributed by atoms with Gasteiger partial charge in [0.2, 0.25) is 5.91 Å². The maximum Gasteiger partial charge on any atom is 0.308 e. The molecule has 1 aliphatic carbocycles. The van der Waals surface area contributed by atoms with Crippen LogP contribution in [0.25, 0.3) is 0 Å². The van der Waals surface area contributed by atoms with Gasteiger partial charge in [-0.15, -0.1) is 0 Å². The fourth-order valence-corrected chi connectivity index (χ4v) is 3.44. The summed E-state index contributed by atoms with van der Waals surface area (Å²) in [5.41, 5.74) is 0. The summed E-state index contributed by atoms with van der Waals surface area (Å²) in [6, 6.07) is 0.269. The monoisotopic (exact) mass is 282 g/mol. The molecular formula is C15H26N2O3. The molecule has 1 saturated heterocycles. The average Bonchev–Trinajstić information content (AvgIpc) is 2.62. The Balaban J connectivity index is 1.78. The van der Waals surface area contributed by atoms with Crippen molar-refractivity contribution < 1.29 is 14.7 Å². The largest absolute Gasteiger partial charge is 0.481 e. The van der Waals surface area contributed by atoms with Crippen molar-refractivity contribution in [3.8, 4) is 0 Å². The number of amides is 1. The Hall–Kier alpha value is -1.10. The maximum absolute atomic E-state index is 12.1. The van der Waals surface area contributed by atoms with E-state index in [1.165, 1.54) is 25.7 Å². The Kier molecular flexibility index (Phi) is 5.40. The molecule has 0 aromatic rings. The van der Waals surface area contributed by atoms with Gasteiger partial charge in [-0.3, -0.25) is 14.5 Å². The summed E-state index contributed by atoms with van der Waals surface area (Å²) in [6.45, 7) is 2.95. The summed E-state index contributed by atoms with van der Waals surface area (Å²) in [4.78, 5) is 25.2. The van der Waals surface area contributed by atoms with E-state index in [9.17, 15) is 9.59 Å². The van der Waals surface area contributed by atoms with E-state index in [2.05, 4.69) is 5.32 Å². The number of carbonyl (C=O) groups is 2. The van der Waals surface area contributed by atoms with E-state index in [0.717, 1.165) is 12.8 Å². The van der Waals surface area contributed by atoms with E-state index >= 15 is 0 Å². The molecule has 114 valence electrons. The lowest BCUT2D eigenvalue weighted by atomic mass is 10.0. The first-order valence-electron chi connectivity index (χ1n) is 7.84. The molecule has 1 amide bonds. The summed E-state index contributed by atoms with van der Waals surface area (Å²) >= 11 is 0. The van der Waals surface area contributed by atoms with Crippen LogP contribution >= 0.6 is 0 Å². The van der Waals surface area contributed by atoms with Crippen molar-refractivity contribution in [1.29, 1.82) is 0 Å². The maximum atomic E-state index is 12.1.